The lowest BCUT2D eigenvalue weighted by molar-refractivity contribution is -0.153. The molecule has 0 aliphatic carbocycles. The van der Waals surface area contributed by atoms with Gasteiger partial charge in [-0.2, -0.15) is 0 Å². The van der Waals surface area contributed by atoms with Crippen LogP contribution in [-0.4, -0.2) is 31.1 Å². The molecule has 0 unspecified atom stereocenters. The predicted octanol–water partition coefficient (Wildman–Crippen LogP) is 6.99. The summed E-state index contributed by atoms with van der Waals surface area (Å²) in [6, 6.07) is 12.5. The highest BCUT2D eigenvalue weighted by Gasteiger charge is 2.23. The van der Waals surface area contributed by atoms with E-state index >= 15 is 0 Å². The SMILES string of the molecule is C=C(C)C(=O)Oc1ccc(-c2cc3cc(CCCCOC(=O)C(C)C)cc(CCCOC(=O)C(C)(C)C)c3oc2=O)cc1. The van der Waals surface area contributed by atoms with Crippen molar-refractivity contribution in [2.45, 2.75) is 73.6 Å². The van der Waals surface area contributed by atoms with Crippen molar-refractivity contribution in [3.8, 4) is 16.9 Å². The first-order valence-electron chi connectivity index (χ1n) is 14.7. The molecule has 0 bridgehead atoms. The van der Waals surface area contributed by atoms with Gasteiger partial charge in [-0.15, -0.1) is 0 Å². The molecule has 3 aromatic rings. The highest BCUT2D eigenvalue weighted by atomic mass is 16.5. The molecular weight excluding hydrogens is 548 g/mol. The molecule has 8 nitrogen and oxygen atoms in total. The van der Waals surface area contributed by atoms with Gasteiger partial charge in [0.15, 0.2) is 0 Å². The zero-order valence-electron chi connectivity index (χ0n) is 26.0. The normalized spacial score (nSPS) is 11.4. The Morgan fingerprint density at radius 1 is 0.907 bits per heavy atom. The predicted molar refractivity (Wildman–Crippen MR) is 166 cm³/mol. The second-order valence-electron chi connectivity index (χ2n) is 12.1. The first-order valence-corrected chi connectivity index (χ1v) is 14.7. The van der Waals surface area contributed by atoms with Crippen molar-refractivity contribution in [2.24, 2.45) is 11.3 Å². The number of fused-ring (bicyclic) bond motifs is 1. The summed E-state index contributed by atoms with van der Waals surface area (Å²) in [6.45, 7) is 14.8. The Morgan fingerprint density at radius 2 is 1.58 bits per heavy atom. The van der Waals surface area contributed by atoms with Crippen LogP contribution >= 0.6 is 0 Å². The fourth-order valence-electron chi connectivity index (χ4n) is 4.22. The van der Waals surface area contributed by atoms with E-state index in [0.29, 0.717) is 41.9 Å². The first-order chi connectivity index (χ1) is 20.3. The minimum Gasteiger partial charge on any atom is -0.465 e. The van der Waals surface area contributed by atoms with E-state index in [9.17, 15) is 19.2 Å². The largest absolute Gasteiger partial charge is 0.465 e. The highest BCUT2D eigenvalue weighted by Crippen LogP contribution is 2.28. The van der Waals surface area contributed by atoms with Gasteiger partial charge >= 0.3 is 23.5 Å². The zero-order chi connectivity index (χ0) is 31.7. The number of rotatable bonds is 13. The number of unbranched alkanes of at least 4 members (excludes halogenated alkanes) is 1. The minimum absolute atomic E-state index is 0.155. The second kappa shape index (κ2) is 14.8. The van der Waals surface area contributed by atoms with E-state index in [1.807, 2.05) is 52.8 Å². The molecule has 0 aliphatic heterocycles. The van der Waals surface area contributed by atoms with Crippen molar-refractivity contribution in [1.29, 1.82) is 0 Å². The Kier molecular flexibility index (Phi) is 11.5. The lowest BCUT2D eigenvalue weighted by Gasteiger charge is -2.16. The molecule has 8 heteroatoms. The van der Waals surface area contributed by atoms with Gasteiger partial charge in [0.25, 0.3) is 0 Å². The van der Waals surface area contributed by atoms with E-state index in [2.05, 4.69) is 6.58 Å². The minimum atomic E-state index is -0.580. The van der Waals surface area contributed by atoms with Crippen LogP contribution in [0.1, 0.15) is 71.9 Å². The molecule has 0 amide bonds. The number of carbonyl (C=O) groups excluding carboxylic acids is 3. The topological polar surface area (TPSA) is 109 Å². The third-order valence-electron chi connectivity index (χ3n) is 6.70. The Balaban J connectivity index is 1.85. The fourth-order valence-corrected chi connectivity index (χ4v) is 4.22. The Labute approximate surface area is 253 Å². The van der Waals surface area contributed by atoms with E-state index in [1.54, 1.807) is 31.2 Å². The van der Waals surface area contributed by atoms with Crippen LogP contribution in [0, 0.1) is 11.3 Å². The van der Waals surface area contributed by atoms with Gasteiger partial charge in [-0.1, -0.05) is 38.6 Å². The van der Waals surface area contributed by atoms with Gasteiger partial charge in [0.1, 0.15) is 11.3 Å². The molecule has 0 saturated carbocycles. The summed E-state index contributed by atoms with van der Waals surface area (Å²) in [7, 11) is 0. The Hall–Kier alpha value is -4.20. The smallest absolute Gasteiger partial charge is 0.344 e. The van der Waals surface area contributed by atoms with Gasteiger partial charge in [0, 0.05) is 11.0 Å². The number of ether oxygens (including phenoxy) is 3. The highest BCUT2D eigenvalue weighted by molar-refractivity contribution is 5.89. The van der Waals surface area contributed by atoms with Gasteiger partial charge in [-0.25, -0.2) is 9.59 Å². The number of carbonyl (C=O) groups is 3. The van der Waals surface area contributed by atoms with E-state index in [0.717, 1.165) is 35.8 Å². The van der Waals surface area contributed by atoms with Crippen LogP contribution in [0.15, 0.2) is 63.8 Å². The van der Waals surface area contributed by atoms with Crippen molar-refractivity contribution in [3.63, 3.8) is 0 Å². The maximum absolute atomic E-state index is 13.1. The summed E-state index contributed by atoms with van der Waals surface area (Å²) < 4.78 is 21.9. The van der Waals surface area contributed by atoms with Crippen molar-refractivity contribution < 1.29 is 33.0 Å². The molecular formula is C35H42O8. The standard InChI is InChI=1S/C35H42O8/c1-22(2)31(36)40-17-9-8-11-24-19-26(12-10-18-41-34(39)35(5,6)7)30-27(20-24)21-29(33(38)43-30)25-13-15-28(16-14-25)42-32(37)23(3)4/h13-16,19-22H,3,8-12,17-18H2,1-2,4-7H3. The molecule has 1 aromatic heterocycles. The quantitative estimate of drug-likeness (QED) is 0.0689. The molecule has 0 atom stereocenters. The van der Waals surface area contributed by atoms with E-state index in [1.165, 1.54) is 0 Å². The van der Waals surface area contributed by atoms with Crippen LogP contribution in [0.4, 0.5) is 0 Å². The lowest BCUT2D eigenvalue weighted by atomic mass is 9.97. The summed E-state index contributed by atoms with van der Waals surface area (Å²) in [5, 5.41) is 0.776. The number of hydrogen-bond donors (Lipinski definition) is 0. The van der Waals surface area contributed by atoms with Crippen LogP contribution in [-0.2, 0) is 36.7 Å². The van der Waals surface area contributed by atoms with Crippen LogP contribution in [0.25, 0.3) is 22.1 Å². The van der Waals surface area contributed by atoms with Crippen LogP contribution in [0.5, 0.6) is 5.75 Å². The molecule has 0 spiro atoms. The summed E-state index contributed by atoms with van der Waals surface area (Å²) >= 11 is 0. The molecule has 3 rings (SSSR count). The molecule has 0 aliphatic rings. The average Bonchev–Trinajstić information content (AvgIpc) is 2.94. The van der Waals surface area contributed by atoms with Gasteiger partial charge in [0.05, 0.1) is 30.1 Å². The monoisotopic (exact) mass is 590 g/mol. The summed E-state index contributed by atoms with van der Waals surface area (Å²) in [5.74, 6) is -0.801. The number of benzene rings is 2. The van der Waals surface area contributed by atoms with Crippen LogP contribution < -0.4 is 10.4 Å². The van der Waals surface area contributed by atoms with Crippen LogP contribution in [0.2, 0.25) is 0 Å². The molecule has 0 saturated heterocycles. The van der Waals surface area contributed by atoms with Gasteiger partial charge in [0.2, 0.25) is 0 Å². The van der Waals surface area contributed by atoms with Gasteiger partial charge < -0.3 is 18.6 Å². The Bertz CT molecular complexity index is 1520. The van der Waals surface area contributed by atoms with Crippen molar-refractivity contribution in [3.05, 3.63) is 76.2 Å². The van der Waals surface area contributed by atoms with E-state index < -0.39 is 17.0 Å². The molecule has 0 N–H and O–H groups in total. The second-order valence-corrected chi connectivity index (χ2v) is 12.1. The van der Waals surface area contributed by atoms with E-state index in [-0.39, 0.29) is 30.0 Å². The van der Waals surface area contributed by atoms with Gasteiger partial charge in [-0.05, 0) is 101 Å². The van der Waals surface area contributed by atoms with Crippen molar-refractivity contribution in [2.75, 3.05) is 13.2 Å². The third kappa shape index (κ3) is 9.66. The molecule has 2 aromatic carbocycles. The maximum atomic E-state index is 13.1. The summed E-state index contributed by atoms with van der Waals surface area (Å²) in [4.78, 5) is 48.9. The summed E-state index contributed by atoms with van der Waals surface area (Å²) in [5.41, 5.74) is 2.64. The van der Waals surface area contributed by atoms with Crippen molar-refractivity contribution >= 4 is 28.9 Å². The average molecular weight is 591 g/mol. The van der Waals surface area contributed by atoms with Crippen molar-refractivity contribution in [1.82, 2.24) is 0 Å². The molecule has 43 heavy (non-hydrogen) atoms. The first kappa shape index (κ1) is 33.3. The summed E-state index contributed by atoms with van der Waals surface area (Å²) in [6.07, 6.45) is 3.41. The lowest BCUT2D eigenvalue weighted by Crippen LogP contribution is -2.23. The Morgan fingerprint density at radius 3 is 2.21 bits per heavy atom. The van der Waals surface area contributed by atoms with E-state index in [4.69, 9.17) is 18.6 Å². The zero-order valence-corrected chi connectivity index (χ0v) is 26.0. The number of esters is 3. The molecule has 230 valence electrons. The fraction of sp³-hybridized carbons (Fsp3) is 0.429. The molecule has 1 heterocycles. The molecule has 0 fully saturated rings. The van der Waals surface area contributed by atoms with Gasteiger partial charge in [-0.3, -0.25) is 9.59 Å². The van der Waals surface area contributed by atoms with Crippen LogP contribution in [0.3, 0.4) is 0 Å². The third-order valence-corrected chi connectivity index (χ3v) is 6.70. The number of hydrogen-bond acceptors (Lipinski definition) is 8. The molecule has 0 radical (unpaired) electrons. The number of aryl methyl sites for hydroxylation is 2. The maximum Gasteiger partial charge on any atom is 0.344 e.